The molecule has 1 amide bonds. The van der Waals surface area contributed by atoms with Crippen molar-refractivity contribution in [3.05, 3.63) is 59.0 Å². The van der Waals surface area contributed by atoms with Crippen LogP contribution < -0.4 is 4.74 Å². The van der Waals surface area contributed by atoms with Crippen molar-refractivity contribution in [2.75, 3.05) is 13.7 Å². The summed E-state index contributed by atoms with van der Waals surface area (Å²) in [6.45, 7) is 2.64. The second-order valence-corrected chi connectivity index (χ2v) is 6.76. The number of amides is 1. The summed E-state index contributed by atoms with van der Waals surface area (Å²) in [5.41, 5.74) is 1.55. The second kappa shape index (κ2) is 8.10. The van der Waals surface area contributed by atoms with Crippen molar-refractivity contribution in [2.24, 2.45) is 4.99 Å². The number of ether oxygens (including phenoxy) is 1. The van der Waals surface area contributed by atoms with Crippen LogP contribution in [0.1, 0.15) is 18.9 Å². The molecule has 2 aromatic carbocycles. The Morgan fingerprint density at radius 2 is 2.00 bits per heavy atom. The molecule has 0 spiro atoms. The average Bonchev–Trinajstić information content (AvgIpc) is 2.91. The molecule has 134 valence electrons. The van der Waals surface area contributed by atoms with Crippen molar-refractivity contribution < 1.29 is 14.6 Å². The molecule has 0 bridgehead atoms. The van der Waals surface area contributed by atoms with Gasteiger partial charge in [0, 0.05) is 6.54 Å². The Morgan fingerprint density at radius 1 is 1.23 bits per heavy atom. The molecule has 0 saturated carbocycles. The van der Waals surface area contributed by atoms with E-state index in [2.05, 4.69) is 4.99 Å². The van der Waals surface area contributed by atoms with E-state index in [-0.39, 0.29) is 11.7 Å². The Balaban J connectivity index is 1.91. The van der Waals surface area contributed by atoms with Gasteiger partial charge in [-0.1, -0.05) is 19.1 Å². The van der Waals surface area contributed by atoms with E-state index < -0.39 is 0 Å². The largest absolute Gasteiger partial charge is 0.508 e. The number of carbonyl (C=O) groups excluding carboxylic acids is 1. The molecule has 1 saturated heterocycles. The number of carbonyl (C=O) groups is 1. The normalized spacial score (nSPS) is 17.3. The third kappa shape index (κ3) is 4.08. The molecule has 1 fully saturated rings. The first-order valence-electron chi connectivity index (χ1n) is 8.34. The number of methoxy groups -OCH3 is 1. The lowest BCUT2D eigenvalue weighted by Crippen LogP contribution is -2.29. The van der Waals surface area contributed by atoms with Crippen LogP contribution in [0.2, 0.25) is 0 Å². The molecule has 5 nitrogen and oxygen atoms in total. The molecule has 26 heavy (non-hydrogen) atoms. The fraction of sp³-hybridized carbons (Fsp3) is 0.200. The summed E-state index contributed by atoms with van der Waals surface area (Å²) in [4.78, 5) is 19.7. The minimum atomic E-state index is -0.0625. The van der Waals surface area contributed by atoms with Gasteiger partial charge in [-0.25, -0.2) is 4.99 Å². The number of aliphatic imine (C=N–C) groups is 1. The summed E-state index contributed by atoms with van der Waals surface area (Å²) in [5.74, 6) is 0.874. The fourth-order valence-corrected chi connectivity index (χ4v) is 3.57. The highest BCUT2D eigenvalue weighted by Crippen LogP contribution is 2.34. The second-order valence-electron chi connectivity index (χ2n) is 5.75. The number of hydrogen-bond donors (Lipinski definition) is 1. The summed E-state index contributed by atoms with van der Waals surface area (Å²) >= 11 is 1.35. The van der Waals surface area contributed by atoms with Crippen molar-refractivity contribution in [1.29, 1.82) is 0 Å². The molecule has 6 heteroatoms. The van der Waals surface area contributed by atoms with E-state index in [1.807, 2.05) is 37.3 Å². The van der Waals surface area contributed by atoms with E-state index in [0.717, 1.165) is 23.4 Å². The predicted molar refractivity (Wildman–Crippen MR) is 106 cm³/mol. The Morgan fingerprint density at radius 3 is 2.65 bits per heavy atom. The number of hydrogen-bond acceptors (Lipinski definition) is 5. The molecule has 0 radical (unpaired) electrons. The number of benzene rings is 2. The van der Waals surface area contributed by atoms with Gasteiger partial charge in [-0.15, -0.1) is 0 Å². The molecule has 1 aliphatic rings. The zero-order chi connectivity index (χ0) is 18.5. The highest BCUT2D eigenvalue weighted by molar-refractivity contribution is 8.18. The third-order valence-corrected chi connectivity index (χ3v) is 4.81. The molecule has 3 rings (SSSR count). The summed E-state index contributed by atoms with van der Waals surface area (Å²) in [6, 6.07) is 14.2. The molecule has 2 aromatic rings. The molecule has 0 aliphatic carbocycles. The van der Waals surface area contributed by atoms with E-state index in [4.69, 9.17) is 4.74 Å². The summed E-state index contributed by atoms with van der Waals surface area (Å²) < 4.78 is 5.16. The highest BCUT2D eigenvalue weighted by Gasteiger charge is 2.32. The van der Waals surface area contributed by atoms with Crippen LogP contribution in [0.4, 0.5) is 5.69 Å². The lowest BCUT2D eigenvalue weighted by molar-refractivity contribution is -0.122. The van der Waals surface area contributed by atoms with E-state index in [9.17, 15) is 9.90 Å². The van der Waals surface area contributed by atoms with Crippen LogP contribution in [0.5, 0.6) is 11.5 Å². The number of phenolic OH excluding ortho intramolecular Hbond substituents is 1. The summed E-state index contributed by atoms with van der Waals surface area (Å²) in [5, 5.41) is 10.3. The van der Waals surface area contributed by atoms with E-state index in [0.29, 0.717) is 16.6 Å². The highest BCUT2D eigenvalue weighted by atomic mass is 32.2. The average molecular weight is 368 g/mol. The van der Waals surface area contributed by atoms with Gasteiger partial charge in [-0.2, -0.15) is 0 Å². The van der Waals surface area contributed by atoms with Crippen molar-refractivity contribution in [1.82, 2.24) is 4.90 Å². The zero-order valence-electron chi connectivity index (χ0n) is 14.7. The van der Waals surface area contributed by atoms with Crippen molar-refractivity contribution in [2.45, 2.75) is 13.3 Å². The molecular weight excluding hydrogens is 348 g/mol. The van der Waals surface area contributed by atoms with Crippen molar-refractivity contribution in [3.63, 3.8) is 0 Å². The van der Waals surface area contributed by atoms with Crippen LogP contribution in [0, 0.1) is 0 Å². The quantitative estimate of drug-likeness (QED) is 0.794. The Hall–Kier alpha value is -2.73. The van der Waals surface area contributed by atoms with Gasteiger partial charge in [0.05, 0.1) is 17.7 Å². The maximum absolute atomic E-state index is 12.8. The van der Waals surface area contributed by atoms with Crippen molar-refractivity contribution in [3.8, 4) is 11.5 Å². The molecule has 1 aliphatic heterocycles. The molecule has 0 atom stereocenters. The van der Waals surface area contributed by atoms with Gasteiger partial charge in [0.1, 0.15) is 11.5 Å². The number of nitrogens with zero attached hydrogens (tertiary/aromatic N) is 2. The van der Waals surface area contributed by atoms with Crippen LogP contribution in [0.25, 0.3) is 6.08 Å². The Bertz CT molecular complexity index is 860. The molecule has 1 N–H and O–H groups in total. The number of aromatic hydroxyl groups is 1. The Labute approximate surface area is 157 Å². The monoisotopic (exact) mass is 368 g/mol. The summed E-state index contributed by atoms with van der Waals surface area (Å²) in [7, 11) is 1.62. The third-order valence-electron chi connectivity index (χ3n) is 3.80. The summed E-state index contributed by atoms with van der Waals surface area (Å²) in [6.07, 6.45) is 2.62. The van der Waals surface area contributed by atoms with Gasteiger partial charge in [-0.3, -0.25) is 9.69 Å². The molecule has 1 heterocycles. The van der Waals surface area contributed by atoms with Crippen LogP contribution in [0.3, 0.4) is 0 Å². The van der Waals surface area contributed by atoms with E-state index in [1.165, 1.54) is 11.8 Å². The van der Waals surface area contributed by atoms with Gasteiger partial charge in [0.25, 0.3) is 5.91 Å². The fourth-order valence-electron chi connectivity index (χ4n) is 2.55. The molecule has 0 unspecified atom stereocenters. The Kier molecular flexibility index (Phi) is 5.63. The van der Waals surface area contributed by atoms with Gasteiger partial charge in [0.15, 0.2) is 5.17 Å². The van der Waals surface area contributed by atoms with Gasteiger partial charge in [0.2, 0.25) is 0 Å². The first kappa shape index (κ1) is 18.1. The number of amidine groups is 1. The van der Waals surface area contributed by atoms with Gasteiger partial charge in [-0.05, 0) is 66.2 Å². The van der Waals surface area contributed by atoms with Crippen LogP contribution >= 0.6 is 11.8 Å². The zero-order valence-corrected chi connectivity index (χ0v) is 15.5. The van der Waals surface area contributed by atoms with Gasteiger partial charge >= 0.3 is 0 Å². The lowest BCUT2D eigenvalue weighted by atomic mass is 10.2. The molecular formula is C20H20N2O3S. The van der Waals surface area contributed by atoms with Gasteiger partial charge < -0.3 is 9.84 Å². The standard InChI is InChI=1S/C20H20N2O3S/c1-3-11-22-19(24)18(13-14-5-4-6-16(23)12-14)26-20(22)21-15-7-9-17(25-2)10-8-15/h4-10,12-13,23H,3,11H2,1-2H3/b18-13-,21-20?. The smallest absolute Gasteiger partial charge is 0.266 e. The van der Waals surface area contributed by atoms with E-state index >= 15 is 0 Å². The SMILES string of the molecule is CCCN1C(=O)/C(=C/c2cccc(O)c2)SC1=Nc1ccc(OC)cc1. The first-order valence-corrected chi connectivity index (χ1v) is 9.15. The first-order chi connectivity index (χ1) is 12.6. The maximum atomic E-state index is 12.8. The van der Waals surface area contributed by atoms with Crippen molar-refractivity contribution >= 4 is 34.6 Å². The topological polar surface area (TPSA) is 62.1 Å². The maximum Gasteiger partial charge on any atom is 0.266 e. The minimum absolute atomic E-state index is 0.0625. The molecule has 0 aromatic heterocycles. The number of rotatable bonds is 5. The van der Waals surface area contributed by atoms with Crippen LogP contribution in [-0.4, -0.2) is 34.7 Å². The van der Waals surface area contributed by atoms with Crippen LogP contribution in [0.15, 0.2) is 58.4 Å². The number of phenols is 1. The number of thioether (sulfide) groups is 1. The predicted octanol–water partition coefficient (Wildman–Crippen LogP) is 4.41. The minimum Gasteiger partial charge on any atom is -0.508 e. The van der Waals surface area contributed by atoms with E-state index in [1.54, 1.807) is 36.3 Å². The van der Waals surface area contributed by atoms with Crippen LogP contribution in [-0.2, 0) is 4.79 Å². The lowest BCUT2D eigenvalue weighted by Gasteiger charge is -2.14.